The van der Waals surface area contributed by atoms with E-state index >= 15 is 0 Å². The molecule has 1 fully saturated rings. The summed E-state index contributed by atoms with van der Waals surface area (Å²) in [5.74, 6) is 1.53. The van der Waals surface area contributed by atoms with Gasteiger partial charge in [-0.1, -0.05) is 19.1 Å². The van der Waals surface area contributed by atoms with Crippen LogP contribution in [0.2, 0.25) is 0 Å². The summed E-state index contributed by atoms with van der Waals surface area (Å²) in [4.78, 5) is 6.09. The second-order valence-corrected chi connectivity index (χ2v) is 7.15. The molecule has 0 spiro atoms. The standard InChI is InChI=1S/C19H27N3/c1-3-20-8-7-13-9-16-15-5-4-6-17-19(15)14(11-21-17)10-18(16)22(2)12-13/h4-6,11,13,16,18,20-21H,3,7-10,12H2,1-2H3/t13-,16?,18-/m1/s1. The smallest absolute Gasteiger partial charge is 0.0459 e. The van der Waals surface area contributed by atoms with Crippen molar-refractivity contribution in [3.63, 3.8) is 0 Å². The summed E-state index contributed by atoms with van der Waals surface area (Å²) in [6, 6.07) is 7.50. The van der Waals surface area contributed by atoms with Gasteiger partial charge in [-0.2, -0.15) is 0 Å². The first kappa shape index (κ1) is 14.3. The maximum Gasteiger partial charge on any atom is 0.0459 e. The predicted octanol–water partition coefficient (Wildman–Crippen LogP) is 3.13. The van der Waals surface area contributed by atoms with Gasteiger partial charge in [-0.15, -0.1) is 0 Å². The zero-order valence-electron chi connectivity index (χ0n) is 13.7. The molecule has 3 nitrogen and oxygen atoms in total. The van der Waals surface area contributed by atoms with Gasteiger partial charge >= 0.3 is 0 Å². The predicted molar refractivity (Wildman–Crippen MR) is 92.4 cm³/mol. The Hall–Kier alpha value is -1.32. The van der Waals surface area contributed by atoms with Crippen LogP contribution in [0.1, 0.15) is 36.8 Å². The number of likely N-dealkylation sites (tertiary alicyclic amines) is 1. The van der Waals surface area contributed by atoms with E-state index < -0.39 is 0 Å². The number of hydrogen-bond acceptors (Lipinski definition) is 2. The van der Waals surface area contributed by atoms with Crippen molar-refractivity contribution in [1.29, 1.82) is 0 Å². The van der Waals surface area contributed by atoms with Crippen LogP contribution in [0.4, 0.5) is 0 Å². The van der Waals surface area contributed by atoms with E-state index in [9.17, 15) is 0 Å². The van der Waals surface area contributed by atoms with Gasteiger partial charge in [-0.25, -0.2) is 0 Å². The van der Waals surface area contributed by atoms with Gasteiger partial charge in [0.1, 0.15) is 0 Å². The quantitative estimate of drug-likeness (QED) is 0.850. The van der Waals surface area contributed by atoms with Crippen molar-refractivity contribution in [2.75, 3.05) is 26.7 Å². The molecule has 118 valence electrons. The Morgan fingerprint density at radius 1 is 1.36 bits per heavy atom. The summed E-state index contributed by atoms with van der Waals surface area (Å²) in [6.07, 6.45) is 6.09. The highest BCUT2D eigenvalue weighted by atomic mass is 15.1. The molecule has 0 saturated carbocycles. The van der Waals surface area contributed by atoms with Crippen LogP contribution in [-0.2, 0) is 6.42 Å². The zero-order valence-corrected chi connectivity index (χ0v) is 13.7. The van der Waals surface area contributed by atoms with Crippen LogP contribution in [0.15, 0.2) is 24.4 Å². The molecule has 1 aromatic heterocycles. The van der Waals surface area contributed by atoms with Gasteiger partial charge in [0, 0.05) is 35.6 Å². The molecule has 0 bridgehead atoms. The highest BCUT2D eigenvalue weighted by Crippen LogP contribution is 2.44. The van der Waals surface area contributed by atoms with Crippen molar-refractivity contribution in [2.24, 2.45) is 5.92 Å². The van der Waals surface area contributed by atoms with E-state index in [1.54, 1.807) is 5.56 Å². The molecule has 22 heavy (non-hydrogen) atoms. The number of nitrogens with one attached hydrogen (secondary N) is 2. The lowest BCUT2D eigenvalue weighted by molar-refractivity contribution is 0.108. The van der Waals surface area contributed by atoms with E-state index in [0.717, 1.165) is 19.0 Å². The highest BCUT2D eigenvalue weighted by Gasteiger charge is 2.38. The molecule has 1 aromatic carbocycles. The lowest BCUT2D eigenvalue weighted by Gasteiger charge is -2.45. The van der Waals surface area contributed by atoms with Crippen LogP contribution in [-0.4, -0.2) is 42.6 Å². The Kier molecular flexibility index (Phi) is 3.71. The monoisotopic (exact) mass is 297 g/mol. The highest BCUT2D eigenvalue weighted by molar-refractivity contribution is 5.88. The van der Waals surface area contributed by atoms with E-state index in [4.69, 9.17) is 0 Å². The second-order valence-electron chi connectivity index (χ2n) is 7.15. The van der Waals surface area contributed by atoms with Crippen LogP contribution in [0.5, 0.6) is 0 Å². The third-order valence-electron chi connectivity index (χ3n) is 5.79. The number of H-pyrrole nitrogens is 1. The molecule has 3 heteroatoms. The van der Waals surface area contributed by atoms with E-state index in [2.05, 4.69) is 53.6 Å². The van der Waals surface area contributed by atoms with Crippen LogP contribution >= 0.6 is 0 Å². The first-order valence-electron chi connectivity index (χ1n) is 8.77. The van der Waals surface area contributed by atoms with Crippen LogP contribution in [0.3, 0.4) is 0 Å². The minimum Gasteiger partial charge on any atom is -0.361 e. The van der Waals surface area contributed by atoms with Gasteiger partial charge in [0.05, 0.1) is 0 Å². The van der Waals surface area contributed by atoms with Crippen molar-refractivity contribution in [2.45, 2.75) is 38.1 Å². The molecule has 1 aliphatic heterocycles. The van der Waals surface area contributed by atoms with Gasteiger partial charge in [0.15, 0.2) is 0 Å². The summed E-state index contributed by atoms with van der Waals surface area (Å²) in [7, 11) is 2.33. The van der Waals surface area contributed by atoms with E-state index in [-0.39, 0.29) is 0 Å². The number of fused-ring (bicyclic) bond motifs is 2. The molecule has 2 N–H and O–H groups in total. The lowest BCUT2D eigenvalue weighted by Crippen LogP contribution is -2.48. The molecule has 2 heterocycles. The summed E-state index contributed by atoms with van der Waals surface area (Å²) in [5.41, 5.74) is 4.43. The van der Waals surface area contributed by atoms with Crippen LogP contribution in [0.25, 0.3) is 10.9 Å². The third kappa shape index (κ3) is 2.27. The van der Waals surface area contributed by atoms with Gasteiger partial charge in [-0.3, -0.25) is 0 Å². The Bertz CT molecular complexity index is 660. The summed E-state index contributed by atoms with van der Waals surface area (Å²) in [5, 5.41) is 5.01. The number of aromatic nitrogens is 1. The topological polar surface area (TPSA) is 31.1 Å². The third-order valence-corrected chi connectivity index (χ3v) is 5.79. The Balaban J connectivity index is 1.63. The molecule has 2 aromatic rings. The lowest BCUT2D eigenvalue weighted by atomic mass is 9.72. The maximum absolute atomic E-state index is 3.49. The SMILES string of the molecule is CCNCC[C@@H]1CC2c3cccc4[nH]cc(c34)C[C@H]2N(C)C1. The van der Waals surface area contributed by atoms with Crippen molar-refractivity contribution < 1.29 is 0 Å². The van der Waals surface area contributed by atoms with Gasteiger partial charge in [0.2, 0.25) is 0 Å². The largest absolute Gasteiger partial charge is 0.361 e. The molecule has 1 aliphatic carbocycles. The Labute approximate surface area is 133 Å². The van der Waals surface area contributed by atoms with Crippen molar-refractivity contribution in [3.05, 3.63) is 35.5 Å². The van der Waals surface area contributed by atoms with E-state index in [1.807, 2.05) is 0 Å². The van der Waals surface area contributed by atoms with Crippen molar-refractivity contribution in [1.82, 2.24) is 15.2 Å². The minimum absolute atomic E-state index is 0.685. The van der Waals surface area contributed by atoms with Crippen LogP contribution < -0.4 is 5.32 Å². The molecular formula is C19H27N3. The average molecular weight is 297 g/mol. The molecular weight excluding hydrogens is 270 g/mol. The normalized spacial score (nSPS) is 28.0. The fourth-order valence-corrected chi connectivity index (χ4v) is 4.75. The summed E-state index contributed by atoms with van der Waals surface area (Å²) < 4.78 is 0. The summed E-state index contributed by atoms with van der Waals surface area (Å²) >= 11 is 0. The average Bonchev–Trinajstić information content (AvgIpc) is 2.94. The molecule has 0 amide bonds. The molecule has 2 aliphatic rings. The number of benzene rings is 1. The number of nitrogens with zero attached hydrogens (tertiary/aromatic N) is 1. The van der Waals surface area contributed by atoms with E-state index in [0.29, 0.717) is 12.0 Å². The summed E-state index contributed by atoms with van der Waals surface area (Å²) in [6.45, 7) is 5.69. The molecule has 1 unspecified atom stereocenters. The van der Waals surface area contributed by atoms with Gasteiger partial charge < -0.3 is 15.2 Å². The Morgan fingerprint density at radius 3 is 3.14 bits per heavy atom. The first-order valence-corrected chi connectivity index (χ1v) is 8.77. The van der Waals surface area contributed by atoms with E-state index in [1.165, 1.54) is 42.3 Å². The zero-order chi connectivity index (χ0) is 15.1. The maximum atomic E-state index is 3.49. The van der Waals surface area contributed by atoms with Gasteiger partial charge in [0.25, 0.3) is 0 Å². The van der Waals surface area contributed by atoms with Crippen LogP contribution in [0, 0.1) is 5.92 Å². The fraction of sp³-hybridized carbons (Fsp3) is 0.579. The minimum atomic E-state index is 0.685. The molecule has 4 rings (SSSR count). The Morgan fingerprint density at radius 2 is 2.27 bits per heavy atom. The molecule has 1 saturated heterocycles. The number of rotatable bonds is 4. The second kappa shape index (κ2) is 5.71. The van der Waals surface area contributed by atoms with Crippen molar-refractivity contribution >= 4 is 10.9 Å². The first-order chi connectivity index (χ1) is 10.8. The van der Waals surface area contributed by atoms with Gasteiger partial charge in [-0.05, 0) is 62.5 Å². The van der Waals surface area contributed by atoms with Crippen molar-refractivity contribution in [3.8, 4) is 0 Å². The number of aromatic amines is 1. The fourth-order valence-electron chi connectivity index (χ4n) is 4.75. The molecule has 0 radical (unpaired) electrons. The number of piperidine rings is 1. The molecule has 3 atom stereocenters. The number of likely N-dealkylation sites (N-methyl/N-ethyl adjacent to an activating group) is 1. The number of hydrogen-bond donors (Lipinski definition) is 2.